The van der Waals surface area contributed by atoms with Gasteiger partial charge in [-0.2, -0.15) is 0 Å². The van der Waals surface area contributed by atoms with Crippen LogP contribution in [0.1, 0.15) is 12.8 Å². The quantitative estimate of drug-likeness (QED) is 0.534. The molecule has 1 atom stereocenters. The maximum Gasteiger partial charge on any atom is 0.309 e. The Bertz CT molecular complexity index is 152. The first kappa shape index (κ1) is 12.2. The fourth-order valence-corrected chi connectivity index (χ4v) is 1.53. The molecule has 0 aromatic carbocycles. The average Bonchev–Trinajstić information content (AvgIpc) is 2.03. The van der Waals surface area contributed by atoms with Crippen LogP contribution in [0.15, 0.2) is 0 Å². The molecule has 72 valence electrons. The largest absolute Gasteiger partial charge is 0.469 e. The Hall–Kier alpha value is 0.160. The van der Waals surface area contributed by atoms with Crippen LogP contribution in [0, 0.1) is 5.92 Å². The number of carbonyl (C=O) groups excluding carboxylic acids is 1. The second-order valence-electron chi connectivity index (χ2n) is 3.12. The van der Waals surface area contributed by atoms with Crippen molar-refractivity contribution in [3.63, 3.8) is 0 Å². The highest BCUT2D eigenvalue weighted by atomic mass is 127. The Morgan fingerprint density at radius 2 is 2.25 bits per heavy atom. The van der Waals surface area contributed by atoms with Gasteiger partial charge in [-0.05, 0) is 26.4 Å². The number of hydrogen-bond acceptors (Lipinski definition) is 3. The minimum Gasteiger partial charge on any atom is -0.469 e. The topological polar surface area (TPSA) is 29.5 Å². The molecule has 1 heterocycles. The van der Waals surface area contributed by atoms with Crippen LogP contribution in [0.2, 0.25) is 0 Å². The van der Waals surface area contributed by atoms with E-state index < -0.39 is 0 Å². The lowest BCUT2D eigenvalue weighted by Crippen LogP contribution is -2.36. The normalized spacial score (nSPS) is 24.3. The van der Waals surface area contributed by atoms with Crippen LogP contribution >= 0.6 is 24.0 Å². The summed E-state index contributed by atoms with van der Waals surface area (Å²) in [6, 6.07) is 0. The molecule has 3 nitrogen and oxygen atoms in total. The van der Waals surface area contributed by atoms with E-state index in [0.717, 1.165) is 25.9 Å². The van der Waals surface area contributed by atoms with Gasteiger partial charge in [-0.15, -0.1) is 24.0 Å². The second-order valence-corrected chi connectivity index (χ2v) is 3.12. The third-order valence-corrected chi connectivity index (χ3v) is 2.16. The number of esters is 1. The molecule has 0 aromatic rings. The first-order chi connectivity index (χ1) is 5.24. The summed E-state index contributed by atoms with van der Waals surface area (Å²) in [5, 5.41) is 0. The van der Waals surface area contributed by atoms with Gasteiger partial charge in [0, 0.05) is 6.54 Å². The van der Waals surface area contributed by atoms with Crippen LogP contribution in [0.3, 0.4) is 0 Å². The van der Waals surface area contributed by atoms with E-state index >= 15 is 0 Å². The molecule has 4 heteroatoms. The van der Waals surface area contributed by atoms with E-state index in [1.807, 2.05) is 7.05 Å². The molecule has 12 heavy (non-hydrogen) atoms. The zero-order chi connectivity index (χ0) is 8.27. The molecule has 1 saturated heterocycles. The van der Waals surface area contributed by atoms with E-state index in [1.54, 1.807) is 0 Å². The standard InChI is InChI=1S/C8H15NO2.HI/c1-9-5-3-4-7(6-9)8(10)11-2;/h7H,3-6H2,1-2H3;1H. The lowest BCUT2D eigenvalue weighted by Gasteiger charge is -2.27. The number of likely N-dealkylation sites (tertiary alicyclic amines) is 1. The number of methoxy groups -OCH3 is 1. The summed E-state index contributed by atoms with van der Waals surface area (Å²) in [6.07, 6.45) is 2.09. The van der Waals surface area contributed by atoms with Crippen molar-refractivity contribution in [2.24, 2.45) is 5.92 Å². The monoisotopic (exact) mass is 285 g/mol. The smallest absolute Gasteiger partial charge is 0.309 e. The minimum atomic E-state index is -0.0587. The Labute approximate surface area is 90.5 Å². The third-order valence-electron chi connectivity index (χ3n) is 2.16. The van der Waals surface area contributed by atoms with Gasteiger partial charge in [0.05, 0.1) is 13.0 Å². The maximum atomic E-state index is 11.1. The minimum absolute atomic E-state index is 0. The van der Waals surface area contributed by atoms with Gasteiger partial charge in [-0.25, -0.2) is 0 Å². The number of rotatable bonds is 1. The summed E-state index contributed by atoms with van der Waals surface area (Å²) in [4.78, 5) is 13.2. The lowest BCUT2D eigenvalue weighted by molar-refractivity contribution is -0.147. The van der Waals surface area contributed by atoms with Gasteiger partial charge in [0.25, 0.3) is 0 Å². The molecule has 0 N–H and O–H groups in total. The summed E-state index contributed by atoms with van der Waals surface area (Å²) in [5.74, 6) is 0.0512. The molecule has 0 spiro atoms. The van der Waals surface area contributed by atoms with E-state index in [1.165, 1.54) is 7.11 Å². The molecule has 1 unspecified atom stereocenters. The summed E-state index contributed by atoms with van der Waals surface area (Å²) < 4.78 is 4.67. The van der Waals surface area contributed by atoms with Gasteiger partial charge in [0.15, 0.2) is 0 Å². The van der Waals surface area contributed by atoms with Crippen LogP contribution < -0.4 is 0 Å². The van der Waals surface area contributed by atoms with Crippen molar-refractivity contribution in [2.45, 2.75) is 12.8 Å². The molecule has 0 bridgehead atoms. The first-order valence-electron chi connectivity index (χ1n) is 4.00. The molecule has 1 rings (SSSR count). The molecule has 0 radical (unpaired) electrons. The van der Waals surface area contributed by atoms with Crippen molar-refractivity contribution in [1.82, 2.24) is 4.90 Å². The molecule has 0 saturated carbocycles. The molecule has 0 amide bonds. The van der Waals surface area contributed by atoms with E-state index in [9.17, 15) is 4.79 Å². The van der Waals surface area contributed by atoms with E-state index in [4.69, 9.17) is 0 Å². The zero-order valence-electron chi connectivity index (χ0n) is 7.58. The summed E-state index contributed by atoms with van der Waals surface area (Å²) in [6.45, 7) is 1.96. The van der Waals surface area contributed by atoms with E-state index in [-0.39, 0.29) is 35.9 Å². The number of halogens is 1. The van der Waals surface area contributed by atoms with Gasteiger partial charge in [-0.3, -0.25) is 4.79 Å². The van der Waals surface area contributed by atoms with Crippen molar-refractivity contribution in [2.75, 3.05) is 27.2 Å². The van der Waals surface area contributed by atoms with Crippen molar-refractivity contribution in [3.05, 3.63) is 0 Å². The number of hydrogen-bond donors (Lipinski definition) is 0. The van der Waals surface area contributed by atoms with Gasteiger partial charge in [-0.1, -0.05) is 0 Å². The fraction of sp³-hybridized carbons (Fsp3) is 0.875. The summed E-state index contributed by atoms with van der Waals surface area (Å²) in [7, 11) is 3.49. The molecule has 1 aliphatic rings. The molecule has 1 aliphatic heterocycles. The Kier molecular flexibility index (Phi) is 5.82. The first-order valence-corrected chi connectivity index (χ1v) is 4.00. The number of ether oxygens (including phenoxy) is 1. The van der Waals surface area contributed by atoms with Gasteiger partial charge >= 0.3 is 5.97 Å². The van der Waals surface area contributed by atoms with Crippen molar-refractivity contribution >= 4 is 29.9 Å². The highest BCUT2D eigenvalue weighted by molar-refractivity contribution is 14.0. The molecular formula is C8H16INO2. The van der Waals surface area contributed by atoms with Crippen molar-refractivity contribution in [1.29, 1.82) is 0 Å². The van der Waals surface area contributed by atoms with E-state index in [0.29, 0.717) is 0 Å². The molecule has 0 aromatic heterocycles. The second kappa shape index (κ2) is 5.75. The number of piperidine rings is 1. The zero-order valence-corrected chi connectivity index (χ0v) is 9.91. The van der Waals surface area contributed by atoms with Crippen LogP contribution in [-0.4, -0.2) is 38.1 Å². The molecule has 1 fully saturated rings. The molecular weight excluding hydrogens is 269 g/mol. The van der Waals surface area contributed by atoms with Crippen molar-refractivity contribution in [3.8, 4) is 0 Å². The third kappa shape index (κ3) is 3.26. The van der Waals surface area contributed by atoms with Crippen LogP contribution in [0.5, 0.6) is 0 Å². The Morgan fingerprint density at radius 3 is 2.75 bits per heavy atom. The lowest BCUT2D eigenvalue weighted by atomic mass is 9.99. The molecule has 0 aliphatic carbocycles. The Morgan fingerprint density at radius 1 is 1.58 bits per heavy atom. The van der Waals surface area contributed by atoms with E-state index in [2.05, 4.69) is 9.64 Å². The predicted molar refractivity (Wildman–Crippen MR) is 57.7 cm³/mol. The fourth-order valence-electron chi connectivity index (χ4n) is 1.53. The highest BCUT2D eigenvalue weighted by Crippen LogP contribution is 2.15. The maximum absolute atomic E-state index is 11.1. The van der Waals surface area contributed by atoms with Crippen LogP contribution in [-0.2, 0) is 9.53 Å². The van der Waals surface area contributed by atoms with Crippen LogP contribution in [0.4, 0.5) is 0 Å². The Balaban J connectivity index is 0.00000121. The van der Waals surface area contributed by atoms with Gasteiger partial charge < -0.3 is 9.64 Å². The number of carbonyl (C=O) groups is 1. The van der Waals surface area contributed by atoms with Gasteiger partial charge in [0.1, 0.15) is 0 Å². The predicted octanol–water partition coefficient (Wildman–Crippen LogP) is 1.12. The average molecular weight is 285 g/mol. The summed E-state index contributed by atoms with van der Waals surface area (Å²) >= 11 is 0. The van der Waals surface area contributed by atoms with Gasteiger partial charge in [0.2, 0.25) is 0 Å². The SMILES string of the molecule is COC(=O)C1CCCN(C)C1.I. The van der Waals surface area contributed by atoms with Crippen molar-refractivity contribution < 1.29 is 9.53 Å². The summed E-state index contributed by atoms with van der Waals surface area (Å²) in [5.41, 5.74) is 0. The van der Waals surface area contributed by atoms with Crippen LogP contribution in [0.25, 0.3) is 0 Å². The highest BCUT2D eigenvalue weighted by Gasteiger charge is 2.23. The number of nitrogens with zero attached hydrogens (tertiary/aromatic N) is 1.